The second-order valence-corrected chi connectivity index (χ2v) is 7.42. The van der Waals surface area contributed by atoms with Crippen LogP contribution >= 0.6 is 11.3 Å². The molecule has 0 saturated heterocycles. The minimum Gasteiger partial charge on any atom is -0.319 e. The molecule has 2 atom stereocenters. The number of hydrogen-bond donors (Lipinski definition) is 1. The van der Waals surface area contributed by atoms with Crippen molar-refractivity contribution in [1.29, 1.82) is 0 Å². The second-order valence-electron chi connectivity index (χ2n) is 6.56. The van der Waals surface area contributed by atoms with Crippen LogP contribution in [0.5, 0.6) is 0 Å². The maximum Gasteiger partial charge on any atom is 0.113 e. The third-order valence-corrected chi connectivity index (χ3v) is 5.79. The van der Waals surface area contributed by atoms with Gasteiger partial charge in [0, 0.05) is 23.7 Å². The van der Waals surface area contributed by atoms with Gasteiger partial charge in [0.2, 0.25) is 0 Å². The fourth-order valence-corrected chi connectivity index (χ4v) is 4.51. The van der Waals surface area contributed by atoms with Crippen molar-refractivity contribution in [2.24, 2.45) is 18.7 Å². The van der Waals surface area contributed by atoms with Crippen LogP contribution in [0.15, 0.2) is 5.38 Å². The molecule has 2 aromatic heterocycles. The van der Waals surface area contributed by atoms with E-state index in [2.05, 4.69) is 24.3 Å². The van der Waals surface area contributed by atoms with Gasteiger partial charge in [0.05, 0.1) is 16.9 Å². The first kappa shape index (κ1) is 14.7. The normalized spacial score (nSPS) is 26.2. The van der Waals surface area contributed by atoms with Gasteiger partial charge in [-0.05, 0) is 32.6 Å². The van der Waals surface area contributed by atoms with E-state index in [1.807, 2.05) is 18.7 Å². The number of hydrogen-bond acceptors (Lipinski definition) is 4. The second kappa shape index (κ2) is 5.21. The number of aromatic nitrogens is 3. The number of nitrogens with two attached hydrogens (primary N) is 1. The molecule has 2 aromatic rings. The Morgan fingerprint density at radius 2 is 2.19 bits per heavy atom. The zero-order valence-electron chi connectivity index (χ0n) is 13.3. The Morgan fingerprint density at radius 3 is 2.81 bits per heavy atom. The Kier molecular flexibility index (Phi) is 3.66. The lowest BCUT2D eigenvalue weighted by atomic mass is 9.77. The van der Waals surface area contributed by atoms with E-state index in [0.717, 1.165) is 40.5 Å². The molecular formula is C16H24N4S. The van der Waals surface area contributed by atoms with Crippen LogP contribution in [0.2, 0.25) is 0 Å². The van der Waals surface area contributed by atoms with Gasteiger partial charge in [-0.15, -0.1) is 11.3 Å². The average Bonchev–Trinajstić information content (AvgIpc) is 2.96. The lowest BCUT2D eigenvalue weighted by Crippen LogP contribution is -2.40. The van der Waals surface area contributed by atoms with E-state index in [1.165, 1.54) is 12.8 Å². The predicted molar refractivity (Wildman–Crippen MR) is 87.3 cm³/mol. The zero-order chi connectivity index (χ0) is 15.2. The Hall–Kier alpha value is -1.20. The topological polar surface area (TPSA) is 56.7 Å². The molecule has 3 rings (SSSR count). The lowest BCUT2D eigenvalue weighted by molar-refractivity contribution is 0.238. The van der Waals surface area contributed by atoms with E-state index in [0.29, 0.717) is 5.92 Å². The third-order valence-electron chi connectivity index (χ3n) is 4.73. The molecule has 0 bridgehead atoms. The molecule has 1 aliphatic carbocycles. The van der Waals surface area contributed by atoms with Crippen molar-refractivity contribution in [2.75, 3.05) is 0 Å². The molecule has 114 valence electrons. The summed E-state index contributed by atoms with van der Waals surface area (Å²) in [6.45, 7) is 6.43. The molecule has 1 saturated carbocycles. The van der Waals surface area contributed by atoms with Gasteiger partial charge in [-0.25, -0.2) is 4.98 Å². The minimum absolute atomic E-state index is 0.232. The molecule has 0 aliphatic heterocycles. The van der Waals surface area contributed by atoms with Gasteiger partial charge in [-0.3, -0.25) is 4.68 Å². The Morgan fingerprint density at radius 1 is 1.43 bits per heavy atom. The van der Waals surface area contributed by atoms with E-state index in [9.17, 15) is 0 Å². The maximum absolute atomic E-state index is 6.67. The monoisotopic (exact) mass is 304 g/mol. The van der Waals surface area contributed by atoms with E-state index >= 15 is 0 Å². The quantitative estimate of drug-likeness (QED) is 0.923. The number of thiazole rings is 1. The highest BCUT2D eigenvalue weighted by molar-refractivity contribution is 7.10. The standard InChI is InChI=1S/C16H24N4S/c1-10-6-5-7-16(17,8-10)15-18-13(9-21-15)14-11(2)19-20(4)12(14)3/h9-10H,5-8,17H2,1-4H3. The largest absolute Gasteiger partial charge is 0.319 e. The molecule has 4 nitrogen and oxygen atoms in total. The molecule has 2 heterocycles. The highest BCUT2D eigenvalue weighted by Gasteiger charge is 2.35. The van der Waals surface area contributed by atoms with Gasteiger partial charge < -0.3 is 5.73 Å². The highest BCUT2D eigenvalue weighted by Crippen LogP contribution is 2.40. The maximum atomic E-state index is 6.67. The Balaban J connectivity index is 1.96. The summed E-state index contributed by atoms with van der Waals surface area (Å²) in [4.78, 5) is 4.89. The lowest BCUT2D eigenvalue weighted by Gasteiger charge is -2.35. The predicted octanol–water partition coefficient (Wildman–Crippen LogP) is 3.52. The van der Waals surface area contributed by atoms with Crippen LogP contribution in [-0.2, 0) is 12.6 Å². The van der Waals surface area contributed by atoms with Crippen molar-refractivity contribution in [3.8, 4) is 11.3 Å². The first-order valence-electron chi connectivity index (χ1n) is 7.66. The van der Waals surface area contributed by atoms with Crippen molar-refractivity contribution >= 4 is 11.3 Å². The summed E-state index contributed by atoms with van der Waals surface area (Å²) >= 11 is 1.71. The molecule has 0 spiro atoms. The summed E-state index contributed by atoms with van der Waals surface area (Å²) in [5.74, 6) is 0.693. The summed E-state index contributed by atoms with van der Waals surface area (Å²) in [5.41, 5.74) is 10.8. The minimum atomic E-state index is -0.232. The van der Waals surface area contributed by atoms with Crippen molar-refractivity contribution in [3.05, 3.63) is 21.8 Å². The van der Waals surface area contributed by atoms with Crippen LogP contribution in [0.25, 0.3) is 11.3 Å². The molecular weight excluding hydrogens is 280 g/mol. The third kappa shape index (κ3) is 2.53. The van der Waals surface area contributed by atoms with Crippen molar-refractivity contribution in [1.82, 2.24) is 14.8 Å². The fraction of sp³-hybridized carbons (Fsp3) is 0.625. The van der Waals surface area contributed by atoms with Crippen molar-refractivity contribution < 1.29 is 0 Å². The van der Waals surface area contributed by atoms with Crippen LogP contribution in [0, 0.1) is 19.8 Å². The van der Waals surface area contributed by atoms with Crippen LogP contribution in [0.1, 0.15) is 49.0 Å². The molecule has 2 N–H and O–H groups in total. The number of rotatable bonds is 2. The average molecular weight is 304 g/mol. The Labute approximate surface area is 130 Å². The highest BCUT2D eigenvalue weighted by atomic mass is 32.1. The number of nitrogens with zero attached hydrogens (tertiary/aromatic N) is 3. The summed E-state index contributed by atoms with van der Waals surface area (Å²) in [6.07, 6.45) is 4.59. The summed E-state index contributed by atoms with van der Waals surface area (Å²) < 4.78 is 1.92. The van der Waals surface area contributed by atoms with Crippen LogP contribution in [0.4, 0.5) is 0 Å². The molecule has 0 amide bonds. The summed E-state index contributed by atoms with van der Waals surface area (Å²) in [6, 6.07) is 0. The SMILES string of the molecule is Cc1nn(C)c(C)c1-c1csc(C2(N)CCCC(C)C2)n1. The van der Waals surface area contributed by atoms with Crippen LogP contribution in [0.3, 0.4) is 0 Å². The summed E-state index contributed by atoms with van der Waals surface area (Å²) in [7, 11) is 1.98. The zero-order valence-corrected chi connectivity index (χ0v) is 14.1. The Bertz CT molecular complexity index is 657. The smallest absolute Gasteiger partial charge is 0.113 e. The van der Waals surface area contributed by atoms with Gasteiger partial charge in [0.25, 0.3) is 0 Å². The van der Waals surface area contributed by atoms with E-state index < -0.39 is 0 Å². The molecule has 5 heteroatoms. The van der Waals surface area contributed by atoms with Crippen LogP contribution in [-0.4, -0.2) is 14.8 Å². The van der Waals surface area contributed by atoms with Gasteiger partial charge in [0.15, 0.2) is 0 Å². The molecule has 0 radical (unpaired) electrons. The van der Waals surface area contributed by atoms with Gasteiger partial charge >= 0.3 is 0 Å². The summed E-state index contributed by atoms with van der Waals surface area (Å²) in [5, 5.41) is 7.72. The first-order valence-corrected chi connectivity index (χ1v) is 8.54. The molecule has 0 aromatic carbocycles. The van der Waals surface area contributed by atoms with Crippen molar-refractivity contribution in [2.45, 2.75) is 52.0 Å². The molecule has 1 aliphatic rings. The van der Waals surface area contributed by atoms with Crippen LogP contribution < -0.4 is 5.73 Å². The molecule has 1 fully saturated rings. The first-order chi connectivity index (χ1) is 9.90. The van der Waals surface area contributed by atoms with E-state index in [4.69, 9.17) is 10.7 Å². The van der Waals surface area contributed by atoms with E-state index in [1.54, 1.807) is 11.3 Å². The molecule has 21 heavy (non-hydrogen) atoms. The number of aryl methyl sites for hydroxylation is 2. The van der Waals surface area contributed by atoms with Gasteiger partial charge in [0.1, 0.15) is 5.01 Å². The van der Waals surface area contributed by atoms with Gasteiger partial charge in [-0.1, -0.05) is 19.8 Å². The van der Waals surface area contributed by atoms with E-state index in [-0.39, 0.29) is 5.54 Å². The fourth-order valence-electron chi connectivity index (χ4n) is 3.55. The van der Waals surface area contributed by atoms with Gasteiger partial charge in [-0.2, -0.15) is 5.10 Å². The molecule has 2 unspecified atom stereocenters. The van der Waals surface area contributed by atoms with Crippen molar-refractivity contribution in [3.63, 3.8) is 0 Å².